The van der Waals surface area contributed by atoms with E-state index in [4.69, 9.17) is 4.74 Å². The van der Waals surface area contributed by atoms with Crippen molar-refractivity contribution in [2.24, 2.45) is 16.2 Å². The highest BCUT2D eigenvalue weighted by atomic mass is 16.5. The highest BCUT2D eigenvalue weighted by Crippen LogP contribution is 2.42. The van der Waals surface area contributed by atoms with Gasteiger partial charge in [-0.2, -0.15) is 0 Å². The first-order valence-electron chi connectivity index (χ1n) is 9.58. The fourth-order valence-electron chi connectivity index (χ4n) is 2.75. The van der Waals surface area contributed by atoms with Crippen LogP contribution in [0.2, 0.25) is 0 Å². The van der Waals surface area contributed by atoms with E-state index >= 15 is 0 Å². The van der Waals surface area contributed by atoms with Gasteiger partial charge in [-0.05, 0) is 26.2 Å². The first-order valence-corrected chi connectivity index (χ1v) is 9.58. The van der Waals surface area contributed by atoms with E-state index in [1.54, 1.807) is 0 Å². The van der Waals surface area contributed by atoms with Crippen molar-refractivity contribution in [1.29, 1.82) is 0 Å². The van der Waals surface area contributed by atoms with Gasteiger partial charge in [0.1, 0.15) is 11.4 Å². The topological polar surface area (TPSA) is 43.4 Å². The second-order valence-corrected chi connectivity index (χ2v) is 11.7. The number of carbonyl (C=O) groups excluding carboxylic acids is 2. The summed E-state index contributed by atoms with van der Waals surface area (Å²) in [5.74, 6) is -0.0102. The predicted molar refractivity (Wildman–Crippen MR) is 110 cm³/mol. The van der Waals surface area contributed by atoms with Gasteiger partial charge in [-0.1, -0.05) is 74.5 Å². The second-order valence-electron chi connectivity index (χ2n) is 11.7. The maximum Gasteiger partial charge on any atom is 0.170 e. The SMILES string of the molecule is C=C(CC(CC(=O)C(C)(C)C)(OC(C)(C)C)C(=O)C(C)(C)C)C(C)(C)C. The molecule has 0 aliphatic heterocycles. The molecule has 0 aliphatic carbocycles. The van der Waals surface area contributed by atoms with Gasteiger partial charge in [0.2, 0.25) is 0 Å². The summed E-state index contributed by atoms with van der Waals surface area (Å²) in [6, 6.07) is 0. The van der Waals surface area contributed by atoms with Crippen molar-refractivity contribution < 1.29 is 14.3 Å². The fraction of sp³-hybridized carbons (Fsp3) is 0.826. The smallest absolute Gasteiger partial charge is 0.170 e. The normalized spacial score (nSPS) is 16.2. The molecule has 152 valence electrons. The van der Waals surface area contributed by atoms with Gasteiger partial charge in [0.15, 0.2) is 5.78 Å². The second kappa shape index (κ2) is 7.58. The molecule has 0 radical (unpaired) electrons. The lowest BCUT2D eigenvalue weighted by Gasteiger charge is -2.44. The molecule has 0 heterocycles. The first kappa shape index (κ1) is 25.0. The molecular weight excluding hydrogens is 324 g/mol. The van der Waals surface area contributed by atoms with Crippen LogP contribution in [-0.2, 0) is 14.3 Å². The van der Waals surface area contributed by atoms with Crippen LogP contribution in [0.25, 0.3) is 0 Å². The van der Waals surface area contributed by atoms with Crippen molar-refractivity contribution in [3.8, 4) is 0 Å². The zero-order valence-corrected chi connectivity index (χ0v) is 19.3. The number of Topliss-reactive ketones (excluding diaryl/α,β-unsaturated/α-hetero) is 2. The molecule has 0 aromatic heterocycles. The Morgan fingerprint density at radius 1 is 0.692 bits per heavy atom. The molecule has 0 aromatic carbocycles. The molecule has 1 unspecified atom stereocenters. The van der Waals surface area contributed by atoms with Gasteiger partial charge in [-0.25, -0.2) is 0 Å². The van der Waals surface area contributed by atoms with E-state index < -0.39 is 22.0 Å². The van der Waals surface area contributed by atoms with Gasteiger partial charge in [0.05, 0.1) is 5.60 Å². The van der Waals surface area contributed by atoms with Crippen LogP contribution < -0.4 is 0 Å². The number of ketones is 2. The van der Waals surface area contributed by atoms with E-state index in [0.717, 1.165) is 5.57 Å². The third-order valence-electron chi connectivity index (χ3n) is 4.44. The first-order chi connectivity index (χ1) is 11.1. The minimum atomic E-state index is -1.20. The van der Waals surface area contributed by atoms with Crippen molar-refractivity contribution in [3.05, 3.63) is 12.2 Å². The predicted octanol–water partition coefficient (Wildman–Crippen LogP) is 6.15. The summed E-state index contributed by atoms with van der Waals surface area (Å²) in [7, 11) is 0. The van der Waals surface area contributed by atoms with Crippen LogP contribution in [0, 0.1) is 16.2 Å². The zero-order valence-electron chi connectivity index (χ0n) is 19.3. The van der Waals surface area contributed by atoms with Gasteiger partial charge in [0.25, 0.3) is 0 Å². The van der Waals surface area contributed by atoms with Crippen molar-refractivity contribution in [1.82, 2.24) is 0 Å². The summed E-state index contributed by atoms with van der Waals surface area (Å²) < 4.78 is 6.41. The molecule has 0 fully saturated rings. The highest BCUT2D eigenvalue weighted by molar-refractivity contribution is 5.97. The molecule has 0 aliphatic rings. The van der Waals surface area contributed by atoms with Crippen LogP contribution >= 0.6 is 0 Å². The van der Waals surface area contributed by atoms with Gasteiger partial charge >= 0.3 is 0 Å². The molecule has 3 nitrogen and oxygen atoms in total. The van der Waals surface area contributed by atoms with Crippen molar-refractivity contribution in [3.63, 3.8) is 0 Å². The standard InChI is InChI=1S/C23H42O3/c1-16(19(2,3)4)14-23(26-22(11,12)13,18(25)21(8,9)10)15-17(24)20(5,6)7/h1,14-15H2,2-13H3. The van der Waals surface area contributed by atoms with Crippen LogP contribution in [-0.4, -0.2) is 22.8 Å². The largest absolute Gasteiger partial charge is 0.361 e. The molecular formula is C23H42O3. The molecule has 0 rings (SSSR count). The fourth-order valence-corrected chi connectivity index (χ4v) is 2.75. The average Bonchev–Trinajstić information content (AvgIpc) is 2.31. The van der Waals surface area contributed by atoms with E-state index in [0.29, 0.717) is 6.42 Å². The lowest BCUT2D eigenvalue weighted by molar-refractivity contribution is -0.178. The molecule has 0 saturated carbocycles. The van der Waals surface area contributed by atoms with E-state index in [9.17, 15) is 9.59 Å². The number of hydrogen-bond donors (Lipinski definition) is 0. The maximum atomic E-state index is 13.6. The molecule has 3 heteroatoms. The van der Waals surface area contributed by atoms with Crippen LogP contribution in [0.1, 0.15) is 95.9 Å². The van der Waals surface area contributed by atoms with Gasteiger partial charge in [-0.3, -0.25) is 9.59 Å². The summed E-state index contributed by atoms with van der Waals surface area (Å²) in [5, 5.41) is 0. The molecule has 26 heavy (non-hydrogen) atoms. The van der Waals surface area contributed by atoms with Crippen LogP contribution in [0.5, 0.6) is 0 Å². The Hall–Kier alpha value is -0.960. The Morgan fingerprint density at radius 2 is 1.12 bits per heavy atom. The lowest BCUT2D eigenvalue weighted by atomic mass is 9.69. The Balaban J connectivity index is 6.39. The van der Waals surface area contributed by atoms with Gasteiger partial charge in [-0.15, -0.1) is 0 Å². The summed E-state index contributed by atoms with van der Waals surface area (Å²) >= 11 is 0. The molecule has 0 amide bonds. The maximum absolute atomic E-state index is 13.6. The average molecular weight is 367 g/mol. The Bertz CT molecular complexity index is 512. The highest BCUT2D eigenvalue weighted by Gasteiger charge is 2.50. The van der Waals surface area contributed by atoms with E-state index in [2.05, 4.69) is 27.4 Å². The van der Waals surface area contributed by atoms with Gasteiger partial charge in [0, 0.05) is 23.7 Å². The van der Waals surface area contributed by atoms with Crippen molar-refractivity contribution in [2.75, 3.05) is 0 Å². The van der Waals surface area contributed by atoms with Crippen LogP contribution in [0.15, 0.2) is 12.2 Å². The summed E-state index contributed by atoms with van der Waals surface area (Å²) in [4.78, 5) is 26.5. The molecule has 0 aromatic rings. The van der Waals surface area contributed by atoms with Crippen LogP contribution in [0.4, 0.5) is 0 Å². The Labute approximate surface area is 162 Å². The van der Waals surface area contributed by atoms with Crippen molar-refractivity contribution in [2.45, 2.75) is 107 Å². The number of ether oxygens (including phenoxy) is 1. The third kappa shape index (κ3) is 7.34. The minimum Gasteiger partial charge on any atom is -0.361 e. The monoisotopic (exact) mass is 366 g/mol. The molecule has 0 N–H and O–H groups in total. The summed E-state index contributed by atoms with van der Waals surface area (Å²) in [6.45, 7) is 27.6. The summed E-state index contributed by atoms with van der Waals surface area (Å²) in [6.07, 6.45) is 0.421. The summed E-state index contributed by atoms with van der Waals surface area (Å²) in [5.41, 5.74) is -2.17. The van der Waals surface area contributed by atoms with E-state index in [-0.39, 0.29) is 23.4 Å². The number of hydrogen-bond acceptors (Lipinski definition) is 3. The van der Waals surface area contributed by atoms with Gasteiger partial charge < -0.3 is 4.74 Å². The number of carbonyl (C=O) groups is 2. The molecule has 0 spiro atoms. The van der Waals surface area contributed by atoms with E-state index in [1.807, 2.05) is 62.3 Å². The quantitative estimate of drug-likeness (QED) is 0.529. The Kier molecular flexibility index (Phi) is 7.30. The van der Waals surface area contributed by atoms with E-state index in [1.165, 1.54) is 0 Å². The minimum absolute atomic E-state index is 0.0288. The lowest BCUT2D eigenvalue weighted by Crippen LogP contribution is -2.54. The third-order valence-corrected chi connectivity index (χ3v) is 4.44. The molecule has 0 saturated heterocycles. The molecule has 1 atom stereocenters. The Morgan fingerprint density at radius 3 is 1.38 bits per heavy atom. The number of rotatable bonds is 6. The van der Waals surface area contributed by atoms with Crippen molar-refractivity contribution >= 4 is 11.6 Å². The molecule has 0 bridgehead atoms. The van der Waals surface area contributed by atoms with Crippen LogP contribution in [0.3, 0.4) is 0 Å². The zero-order chi connectivity index (χ0) is 21.4.